The molecule has 0 rings (SSSR count). The molecule has 0 aromatic rings. The van der Waals surface area contributed by atoms with Crippen molar-refractivity contribution in [3.63, 3.8) is 0 Å². The lowest BCUT2D eigenvalue weighted by Crippen LogP contribution is -2.33. The summed E-state index contributed by atoms with van der Waals surface area (Å²) in [5.41, 5.74) is 4.98. The Morgan fingerprint density at radius 2 is 2.00 bits per heavy atom. The SMILES string of the molecule is N=C(C[C@H](N)C(=O)O)OC(=O)O. The average molecular weight is 176 g/mol. The Morgan fingerprint density at radius 1 is 1.50 bits per heavy atom. The molecule has 1 atom stereocenters. The third kappa shape index (κ3) is 4.23. The van der Waals surface area contributed by atoms with Crippen LogP contribution in [0.3, 0.4) is 0 Å². The second kappa shape index (κ2) is 4.29. The van der Waals surface area contributed by atoms with Crippen LogP contribution in [0.4, 0.5) is 4.79 Å². The Hall–Kier alpha value is -1.63. The van der Waals surface area contributed by atoms with Crippen LogP contribution in [-0.2, 0) is 9.53 Å². The van der Waals surface area contributed by atoms with Gasteiger partial charge in [0, 0.05) is 6.42 Å². The van der Waals surface area contributed by atoms with E-state index in [2.05, 4.69) is 4.74 Å². The highest BCUT2D eigenvalue weighted by atomic mass is 16.7. The van der Waals surface area contributed by atoms with E-state index in [1.165, 1.54) is 0 Å². The fraction of sp³-hybridized carbons (Fsp3) is 0.400. The van der Waals surface area contributed by atoms with Crippen LogP contribution in [0.15, 0.2) is 0 Å². The number of hydrogen-bond acceptors (Lipinski definition) is 5. The predicted molar refractivity (Wildman–Crippen MR) is 37.1 cm³/mol. The molecule has 0 aromatic carbocycles. The minimum Gasteiger partial charge on any atom is -0.480 e. The van der Waals surface area contributed by atoms with Crippen LogP contribution in [0.1, 0.15) is 6.42 Å². The fourth-order valence-electron chi connectivity index (χ4n) is 0.434. The van der Waals surface area contributed by atoms with E-state index in [1.807, 2.05) is 0 Å². The van der Waals surface area contributed by atoms with Crippen LogP contribution in [0.5, 0.6) is 0 Å². The van der Waals surface area contributed by atoms with Gasteiger partial charge in [0.05, 0.1) is 0 Å². The van der Waals surface area contributed by atoms with Gasteiger partial charge in [0.1, 0.15) is 6.04 Å². The summed E-state index contributed by atoms with van der Waals surface area (Å²) in [4.78, 5) is 19.9. The smallest absolute Gasteiger partial charge is 0.480 e. The first-order valence-corrected chi connectivity index (χ1v) is 2.90. The molecule has 0 aliphatic heterocycles. The minimum atomic E-state index is -1.66. The van der Waals surface area contributed by atoms with E-state index in [9.17, 15) is 9.59 Å². The van der Waals surface area contributed by atoms with Crippen molar-refractivity contribution in [3.05, 3.63) is 0 Å². The van der Waals surface area contributed by atoms with Gasteiger partial charge in [-0.3, -0.25) is 10.2 Å². The summed E-state index contributed by atoms with van der Waals surface area (Å²) in [6.07, 6.45) is -2.10. The molecule has 0 bridgehead atoms. The largest absolute Gasteiger partial charge is 0.512 e. The van der Waals surface area contributed by atoms with Gasteiger partial charge in [-0.25, -0.2) is 4.79 Å². The zero-order valence-corrected chi connectivity index (χ0v) is 5.98. The lowest BCUT2D eigenvalue weighted by Gasteiger charge is -2.05. The number of aliphatic carboxylic acids is 1. The van der Waals surface area contributed by atoms with E-state index in [-0.39, 0.29) is 0 Å². The Labute approximate surface area is 67.2 Å². The van der Waals surface area contributed by atoms with Crippen LogP contribution >= 0.6 is 0 Å². The summed E-state index contributed by atoms with van der Waals surface area (Å²) in [6, 6.07) is -1.31. The molecule has 0 spiro atoms. The molecule has 0 unspecified atom stereocenters. The van der Waals surface area contributed by atoms with Gasteiger partial charge < -0.3 is 20.7 Å². The normalized spacial score (nSPS) is 11.8. The highest BCUT2D eigenvalue weighted by Crippen LogP contribution is 1.92. The van der Waals surface area contributed by atoms with Crippen molar-refractivity contribution in [2.75, 3.05) is 0 Å². The van der Waals surface area contributed by atoms with Crippen LogP contribution in [0, 0.1) is 5.41 Å². The Balaban J connectivity index is 3.85. The number of nitrogens with one attached hydrogen (secondary N) is 1. The van der Waals surface area contributed by atoms with E-state index >= 15 is 0 Å². The minimum absolute atomic E-state index is 0.443. The third-order valence-electron chi connectivity index (χ3n) is 0.933. The summed E-state index contributed by atoms with van der Waals surface area (Å²) in [5, 5.41) is 23.0. The summed E-state index contributed by atoms with van der Waals surface area (Å²) in [6.45, 7) is 0. The molecular weight excluding hydrogens is 168 g/mol. The van der Waals surface area contributed by atoms with Gasteiger partial charge in [-0.05, 0) is 0 Å². The third-order valence-corrected chi connectivity index (χ3v) is 0.933. The molecule has 0 aromatic heterocycles. The molecule has 68 valence electrons. The number of hydrogen-bond donors (Lipinski definition) is 4. The van der Waals surface area contributed by atoms with E-state index in [0.29, 0.717) is 0 Å². The fourth-order valence-corrected chi connectivity index (χ4v) is 0.434. The van der Waals surface area contributed by atoms with E-state index in [4.69, 9.17) is 21.4 Å². The second-order valence-electron chi connectivity index (χ2n) is 1.94. The first-order chi connectivity index (χ1) is 5.43. The summed E-state index contributed by atoms with van der Waals surface area (Å²) >= 11 is 0. The first kappa shape index (κ1) is 10.4. The molecule has 0 aliphatic carbocycles. The quantitative estimate of drug-likeness (QED) is 0.259. The van der Waals surface area contributed by atoms with Crippen molar-refractivity contribution < 1.29 is 24.5 Å². The predicted octanol–water partition coefficient (Wildman–Crippen LogP) is -0.540. The molecule has 0 fully saturated rings. The Kier molecular flexibility index (Phi) is 3.71. The van der Waals surface area contributed by atoms with Crippen molar-refractivity contribution in [2.45, 2.75) is 12.5 Å². The van der Waals surface area contributed by atoms with Gasteiger partial charge in [0.2, 0.25) is 0 Å². The van der Waals surface area contributed by atoms with Crippen molar-refractivity contribution in [1.82, 2.24) is 0 Å². The maximum Gasteiger partial charge on any atom is 0.512 e. The van der Waals surface area contributed by atoms with Gasteiger partial charge in [-0.2, -0.15) is 0 Å². The van der Waals surface area contributed by atoms with Crippen LogP contribution < -0.4 is 5.73 Å². The molecule has 7 nitrogen and oxygen atoms in total. The zero-order valence-electron chi connectivity index (χ0n) is 5.98. The van der Waals surface area contributed by atoms with E-state index < -0.39 is 30.5 Å². The first-order valence-electron chi connectivity index (χ1n) is 2.90. The van der Waals surface area contributed by atoms with Gasteiger partial charge in [-0.1, -0.05) is 0 Å². The lowest BCUT2D eigenvalue weighted by molar-refractivity contribution is -0.138. The lowest BCUT2D eigenvalue weighted by atomic mass is 10.2. The van der Waals surface area contributed by atoms with Crippen LogP contribution in [0.2, 0.25) is 0 Å². The number of carboxylic acid groups (broad SMARTS) is 2. The molecule has 7 heteroatoms. The Bertz CT molecular complexity index is 214. The van der Waals surface area contributed by atoms with Gasteiger partial charge in [0.15, 0.2) is 5.90 Å². The maximum atomic E-state index is 10.1. The summed E-state index contributed by atoms with van der Waals surface area (Å²) in [7, 11) is 0. The zero-order chi connectivity index (χ0) is 9.72. The number of nitrogens with two attached hydrogens (primary N) is 1. The summed E-state index contributed by atoms with van der Waals surface area (Å²) < 4.78 is 3.83. The number of carbonyl (C=O) groups is 2. The highest BCUT2D eigenvalue weighted by Gasteiger charge is 2.16. The monoisotopic (exact) mass is 176 g/mol. The Morgan fingerprint density at radius 3 is 2.33 bits per heavy atom. The number of ether oxygens (including phenoxy) is 1. The second-order valence-corrected chi connectivity index (χ2v) is 1.94. The molecule has 12 heavy (non-hydrogen) atoms. The van der Waals surface area contributed by atoms with E-state index in [1.54, 1.807) is 0 Å². The topological polar surface area (TPSA) is 134 Å². The number of rotatable bonds is 3. The van der Waals surface area contributed by atoms with Gasteiger partial charge >= 0.3 is 12.1 Å². The molecule has 5 N–H and O–H groups in total. The molecule has 0 amide bonds. The standard InChI is InChI=1S/C5H8N2O5/c6-2(4(8)9)1-3(7)12-5(10)11/h2,7H,1,6H2,(H,8,9)(H,10,11)/t2-/m0/s1. The molecule has 0 saturated carbocycles. The molecule has 0 heterocycles. The highest BCUT2D eigenvalue weighted by molar-refractivity contribution is 5.87. The van der Waals surface area contributed by atoms with Crippen molar-refractivity contribution in [3.8, 4) is 0 Å². The van der Waals surface area contributed by atoms with Gasteiger partial charge in [0.25, 0.3) is 0 Å². The molecule has 0 saturated heterocycles. The van der Waals surface area contributed by atoms with Crippen molar-refractivity contribution in [2.24, 2.45) is 5.73 Å². The van der Waals surface area contributed by atoms with E-state index in [0.717, 1.165) is 0 Å². The summed E-state index contributed by atoms with van der Waals surface area (Å²) in [5.74, 6) is -1.99. The van der Waals surface area contributed by atoms with Crippen LogP contribution in [-0.4, -0.2) is 34.3 Å². The van der Waals surface area contributed by atoms with Crippen molar-refractivity contribution in [1.29, 1.82) is 5.41 Å². The van der Waals surface area contributed by atoms with Gasteiger partial charge in [-0.15, -0.1) is 0 Å². The van der Waals surface area contributed by atoms with Crippen LogP contribution in [0.25, 0.3) is 0 Å². The number of carboxylic acids is 1. The maximum absolute atomic E-state index is 10.1. The average Bonchev–Trinajstić information content (AvgIpc) is 1.84. The molecular formula is C5H8N2O5. The molecule has 0 radical (unpaired) electrons. The van der Waals surface area contributed by atoms with Crippen molar-refractivity contribution >= 4 is 18.0 Å². The molecule has 0 aliphatic rings.